The van der Waals surface area contributed by atoms with Crippen LogP contribution < -0.4 is 10.6 Å². The van der Waals surface area contributed by atoms with Crippen molar-refractivity contribution in [2.75, 3.05) is 25.1 Å². The van der Waals surface area contributed by atoms with Gasteiger partial charge in [-0.3, -0.25) is 0 Å². The van der Waals surface area contributed by atoms with Crippen molar-refractivity contribution in [2.24, 2.45) is 0 Å². The van der Waals surface area contributed by atoms with Crippen LogP contribution in [0.25, 0.3) is 0 Å². The number of benzene rings is 1. The molecule has 0 aliphatic carbocycles. The van der Waals surface area contributed by atoms with Crippen LogP contribution in [0.2, 0.25) is 0 Å². The average molecular weight is 314 g/mol. The van der Waals surface area contributed by atoms with Gasteiger partial charge in [-0.25, -0.2) is 18.0 Å². The van der Waals surface area contributed by atoms with Crippen molar-refractivity contribution >= 4 is 21.8 Å². The number of amides is 2. The number of sulfone groups is 1. The van der Waals surface area contributed by atoms with E-state index in [1.807, 2.05) is 0 Å². The van der Waals surface area contributed by atoms with E-state index in [0.717, 1.165) is 11.8 Å². The van der Waals surface area contributed by atoms with Crippen LogP contribution >= 0.6 is 0 Å². The Labute approximate surface area is 123 Å². The maximum absolute atomic E-state index is 11.4. The Hall–Kier alpha value is -2.09. The molecule has 0 bridgehead atoms. The third kappa shape index (κ3) is 7.31. The lowest BCUT2D eigenvalue weighted by molar-refractivity contribution is 0.0696. The second-order valence-electron chi connectivity index (χ2n) is 4.57. The van der Waals surface area contributed by atoms with Gasteiger partial charge in [-0.2, -0.15) is 0 Å². The highest BCUT2D eigenvalue weighted by atomic mass is 32.2. The summed E-state index contributed by atoms with van der Waals surface area (Å²) < 4.78 is 21.8. The highest BCUT2D eigenvalue weighted by molar-refractivity contribution is 7.90. The van der Waals surface area contributed by atoms with Gasteiger partial charge in [0.15, 0.2) is 0 Å². The van der Waals surface area contributed by atoms with Crippen LogP contribution in [-0.2, 0) is 16.3 Å². The van der Waals surface area contributed by atoms with Crippen LogP contribution in [-0.4, -0.2) is 50.6 Å². The molecule has 1 aromatic carbocycles. The Kier molecular flexibility index (Phi) is 6.16. The largest absolute Gasteiger partial charge is 0.478 e. The van der Waals surface area contributed by atoms with Crippen LogP contribution in [0.3, 0.4) is 0 Å². The molecule has 0 saturated carbocycles. The van der Waals surface area contributed by atoms with E-state index in [1.165, 1.54) is 6.07 Å². The summed E-state index contributed by atoms with van der Waals surface area (Å²) in [5.41, 5.74) is 0.997. The number of carboxylic acids is 1. The smallest absolute Gasteiger partial charge is 0.335 e. The molecule has 0 saturated heterocycles. The van der Waals surface area contributed by atoms with Crippen molar-refractivity contribution < 1.29 is 23.1 Å². The molecule has 21 heavy (non-hydrogen) atoms. The van der Waals surface area contributed by atoms with Crippen LogP contribution in [0.5, 0.6) is 0 Å². The first-order valence-corrected chi connectivity index (χ1v) is 8.35. The molecule has 0 fully saturated rings. The summed E-state index contributed by atoms with van der Waals surface area (Å²) in [4.78, 5) is 22.2. The van der Waals surface area contributed by atoms with Crippen LogP contribution in [0.4, 0.5) is 4.79 Å². The minimum atomic E-state index is -3.09. The standard InChI is InChI=1S/C13H18N2O5S/c1-21(19,20)8-7-15-13(18)14-6-5-10-3-2-4-11(9-10)12(16)17/h2-4,9H,5-8H2,1H3,(H,16,17)(H2,14,15,18). The summed E-state index contributed by atoms with van der Waals surface area (Å²) in [5.74, 6) is -1.11. The molecule has 0 aromatic heterocycles. The van der Waals surface area contributed by atoms with Gasteiger partial charge in [0.2, 0.25) is 0 Å². The lowest BCUT2D eigenvalue weighted by atomic mass is 10.1. The predicted octanol–water partition coefficient (Wildman–Crippen LogP) is 0.271. The van der Waals surface area contributed by atoms with E-state index in [4.69, 9.17) is 5.11 Å². The Morgan fingerprint density at radius 3 is 2.48 bits per heavy atom. The van der Waals surface area contributed by atoms with Gasteiger partial charge < -0.3 is 15.7 Å². The van der Waals surface area contributed by atoms with E-state index < -0.39 is 21.8 Å². The van der Waals surface area contributed by atoms with Crippen LogP contribution in [0, 0.1) is 0 Å². The number of urea groups is 1. The van der Waals surface area contributed by atoms with Gasteiger partial charge >= 0.3 is 12.0 Å². The molecule has 0 atom stereocenters. The van der Waals surface area contributed by atoms with Gasteiger partial charge in [0.25, 0.3) is 0 Å². The van der Waals surface area contributed by atoms with Crippen molar-refractivity contribution in [3.63, 3.8) is 0 Å². The first kappa shape index (κ1) is 17.0. The highest BCUT2D eigenvalue weighted by Gasteiger charge is 2.05. The SMILES string of the molecule is CS(=O)(=O)CCNC(=O)NCCc1cccc(C(=O)O)c1. The molecule has 3 N–H and O–H groups in total. The lowest BCUT2D eigenvalue weighted by Gasteiger charge is -2.07. The Morgan fingerprint density at radius 1 is 1.19 bits per heavy atom. The summed E-state index contributed by atoms with van der Waals surface area (Å²) in [7, 11) is -3.09. The number of carboxylic acid groups (broad SMARTS) is 1. The first-order valence-electron chi connectivity index (χ1n) is 6.29. The second-order valence-corrected chi connectivity index (χ2v) is 6.83. The minimum Gasteiger partial charge on any atom is -0.478 e. The average Bonchev–Trinajstić information content (AvgIpc) is 2.37. The molecule has 116 valence electrons. The minimum absolute atomic E-state index is 0.0547. The second kappa shape index (κ2) is 7.63. The van der Waals surface area contributed by atoms with E-state index in [-0.39, 0.29) is 17.9 Å². The number of hydrogen-bond donors (Lipinski definition) is 3. The van der Waals surface area contributed by atoms with Gasteiger partial charge in [0.1, 0.15) is 9.84 Å². The van der Waals surface area contributed by atoms with Crippen molar-refractivity contribution in [1.29, 1.82) is 0 Å². The molecule has 0 aliphatic rings. The summed E-state index contributed by atoms with van der Waals surface area (Å²) >= 11 is 0. The maximum atomic E-state index is 11.4. The normalized spacial score (nSPS) is 10.9. The molecule has 0 radical (unpaired) electrons. The number of carbonyl (C=O) groups excluding carboxylic acids is 1. The van der Waals surface area contributed by atoms with E-state index in [9.17, 15) is 18.0 Å². The summed E-state index contributed by atoms with van der Waals surface area (Å²) in [6, 6.07) is 6.01. The summed E-state index contributed by atoms with van der Waals surface area (Å²) in [5, 5.41) is 13.9. The van der Waals surface area contributed by atoms with Gasteiger partial charge in [0.05, 0.1) is 11.3 Å². The molecule has 0 aliphatic heterocycles. The Balaban J connectivity index is 2.31. The van der Waals surface area contributed by atoms with Gasteiger partial charge in [-0.05, 0) is 24.1 Å². The number of hydrogen-bond acceptors (Lipinski definition) is 4. The van der Waals surface area contributed by atoms with E-state index in [1.54, 1.807) is 18.2 Å². The third-order valence-electron chi connectivity index (χ3n) is 2.63. The molecule has 2 amide bonds. The fraction of sp³-hybridized carbons (Fsp3) is 0.385. The molecule has 0 heterocycles. The van der Waals surface area contributed by atoms with Crippen molar-refractivity contribution in [3.8, 4) is 0 Å². The molecule has 1 aromatic rings. The number of carbonyl (C=O) groups is 2. The van der Waals surface area contributed by atoms with Crippen molar-refractivity contribution in [3.05, 3.63) is 35.4 Å². The zero-order chi connectivity index (χ0) is 15.9. The van der Waals surface area contributed by atoms with Gasteiger partial charge in [0, 0.05) is 19.3 Å². The fourth-order valence-electron chi connectivity index (χ4n) is 1.59. The van der Waals surface area contributed by atoms with Gasteiger partial charge in [-0.15, -0.1) is 0 Å². The highest BCUT2D eigenvalue weighted by Crippen LogP contribution is 2.05. The third-order valence-corrected chi connectivity index (χ3v) is 3.58. The van der Waals surface area contributed by atoms with Crippen molar-refractivity contribution in [2.45, 2.75) is 6.42 Å². The molecule has 1 rings (SSSR count). The van der Waals surface area contributed by atoms with Crippen molar-refractivity contribution in [1.82, 2.24) is 10.6 Å². The molecule has 0 unspecified atom stereocenters. The molecule has 8 heteroatoms. The topological polar surface area (TPSA) is 113 Å². The number of rotatable bonds is 7. The number of aromatic carboxylic acids is 1. The summed E-state index contributed by atoms with van der Waals surface area (Å²) in [6.07, 6.45) is 1.59. The van der Waals surface area contributed by atoms with E-state index in [2.05, 4.69) is 10.6 Å². The predicted molar refractivity (Wildman–Crippen MR) is 78.2 cm³/mol. The fourth-order valence-corrected chi connectivity index (χ4v) is 2.07. The van der Waals surface area contributed by atoms with E-state index >= 15 is 0 Å². The van der Waals surface area contributed by atoms with E-state index in [0.29, 0.717) is 13.0 Å². The molecule has 0 spiro atoms. The molecule has 7 nitrogen and oxygen atoms in total. The quantitative estimate of drug-likeness (QED) is 0.669. The monoisotopic (exact) mass is 314 g/mol. The van der Waals surface area contributed by atoms with Gasteiger partial charge in [-0.1, -0.05) is 12.1 Å². The zero-order valence-electron chi connectivity index (χ0n) is 11.6. The lowest BCUT2D eigenvalue weighted by Crippen LogP contribution is -2.38. The number of nitrogens with one attached hydrogen (secondary N) is 2. The Bertz CT molecular complexity index is 613. The summed E-state index contributed by atoms with van der Waals surface area (Å²) in [6.45, 7) is 0.382. The maximum Gasteiger partial charge on any atom is 0.335 e. The molecular formula is C13H18N2O5S. The van der Waals surface area contributed by atoms with Crippen LogP contribution in [0.15, 0.2) is 24.3 Å². The first-order chi connectivity index (χ1) is 9.78. The van der Waals surface area contributed by atoms with Crippen LogP contribution in [0.1, 0.15) is 15.9 Å². The molecular weight excluding hydrogens is 296 g/mol. The zero-order valence-corrected chi connectivity index (χ0v) is 12.4. The Morgan fingerprint density at radius 2 is 1.86 bits per heavy atom.